The first-order chi connectivity index (χ1) is 11.8. The highest BCUT2D eigenvalue weighted by Crippen LogP contribution is 2.30. The van der Waals surface area contributed by atoms with E-state index in [9.17, 15) is 4.79 Å². The number of unbranched alkanes of at least 4 members (excludes halogenated alkanes) is 1. The van der Waals surface area contributed by atoms with Crippen LogP contribution in [0.5, 0.6) is 11.5 Å². The van der Waals surface area contributed by atoms with E-state index >= 15 is 0 Å². The molecule has 0 radical (unpaired) electrons. The highest BCUT2D eigenvalue weighted by Gasteiger charge is 2.13. The maximum absolute atomic E-state index is 12.3. The molecule has 0 fully saturated rings. The van der Waals surface area contributed by atoms with Gasteiger partial charge in [-0.25, -0.2) is 0 Å². The molecule has 0 saturated heterocycles. The van der Waals surface area contributed by atoms with E-state index in [1.165, 1.54) is 18.4 Å². The maximum atomic E-state index is 12.3. The lowest BCUT2D eigenvalue weighted by Gasteiger charge is -2.18. The van der Waals surface area contributed by atoms with Gasteiger partial charge in [-0.1, -0.05) is 43.7 Å². The highest BCUT2D eigenvalue weighted by molar-refractivity contribution is 6.07. The Hall–Kier alpha value is -2.55. The van der Waals surface area contributed by atoms with E-state index < -0.39 is 0 Å². The van der Waals surface area contributed by atoms with Gasteiger partial charge in [-0.15, -0.1) is 0 Å². The zero-order chi connectivity index (χ0) is 16.8. The first kappa shape index (κ1) is 16.3. The summed E-state index contributed by atoms with van der Waals surface area (Å²) in [4.78, 5) is 12.3. The fourth-order valence-electron chi connectivity index (χ4n) is 2.64. The monoisotopic (exact) mass is 322 g/mol. The number of ketones is 1. The molecule has 0 bridgehead atoms. The SMILES string of the molecule is CCCCc1ccc(C=CC(=O)c2ccc3c(c2)OCCO3)cc1. The van der Waals surface area contributed by atoms with Gasteiger partial charge in [0.1, 0.15) is 13.2 Å². The number of carbonyl (C=O) groups excluding carboxylic acids is 1. The standard InChI is InChI=1S/C21H22O3/c1-2-3-4-16-5-7-17(8-6-16)9-11-19(22)18-10-12-20-21(15-18)24-14-13-23-20/h5-12,15H,2-4,13-14H2,1H3. The van der Waals surface area contributed by atoms with E-state index in [2.05, 4.69) is 31.2 Å². The Kier molecular flexibility index (Phi) is 5.32. The van der Waals surface area contributed by atoms with Gasteiger partial charge < -0.3 is 9.47 Å². The van der Waals surface area contributed by atoms with Crippen molar-refractivity contribution in [3.05, 3.63) is 65.2 Å². The van der Waals surface area contributed by atoms with Crippen LogP contribution in [0.3, 0.4) is 0 Å². The summed E-state index contributed by atoms with van der Waals surface area (Å²) >= 11 is 0. The fourth-order valence-corrected chi connectivity index (χ4v) is 2.64. The summed E-state index contributed by atoms with van der Waals surface area (Å²) in [6, 6.07) is 13.7. The van der Waals surface area contributed by atoms with Crippen molar-refractivity contribution in [2.24, 2.45) is 0 Å². The zero-order valence-corrected chi connectivity index (χ0v) is 14.0. The Labute approximate surface area is 142 Å². The molecular weight excluding hydrogens is 300 g/mol. The lowest BCUT2D eigenvalue weighted by atomic mass is 10.0. The second-order valence-corrected chi connectivity index (χ2v) is 5.90. The van der Waals surface area contributed by atoms with Crippen LogP contribution in [0.25, 0.3) is 6.08 Å². The number of allylic oxidation sites excluding steroid dienone is 1. The molecule has 2 aromatic rings. The fraction of sp³-hybridized carbons (Fsp3) is 0.286. The molecule has 3 nitrogen and oxygen atoms in total. The number of hydrogen-bond donors (Lipinski definition) is 0. The molecule has 24 heavy (non-hydrogen) atoms. The first-order valence-corrected chi connectivity index (χ1v) is 8.47. The van der Waals surface area contributed by atoms with Crippen molar-refractivity contribution in [2.45, 2.75) is 26.2 Å². The highest BCUT2D eigenvalue weighted by atomic mass is 16.6. The summed E-state index contributed by atoms with van der Waals surface area (Å²) in [5.41, 5.74) is 2.98. The average Bonchev–Trinajstić information content (AvgIpc) is 2.65. The zero-order valence-electron chi connectivity index (χ0n) is 14.0. The van der Waals surface area contributed by atoms with Gasteiger partial charge in [-0.2, -0.15) is 0 Å². The van der Waals surface area contributed by atoms with Crippen LogP contribution >= 0.6 is 0 Å². The van der Waals surface area contributed by atoms with Gasteiger partial charge in [-0.05, 0) is 48.2 Å². The predicted octanol–water partition coefficient (Wildman–Crippen LogP) is 4.70. The van der Waals surface area contributed by atoms with E-state index in [4.69, 9.17) is 9.47 Å². The molecule has 0 amide bonds. The Morgan fingerprint density at radius 3 is 2.54 bits per heavy atom. The third-order valence-corrected chi connectivity index (χ3v) is 4.05. The Bertz CT molecular complexity index is 729. The van der Waals surface area contributed by atoms with E-state index in [1.807, 2.05) is 6.08 Å². The summed E-state index contributed by atoms with van der Waals surface area (Å²) in [7, 11) is 0. The van der Waals surface area contributed by atoms with Gasteiger partial charge in [-0.3, -0.25) is 4.79 Å². The summed E-state index contributed by atoms with van der Waals surface area (Å²) in [6.45, 7) is 3.26. The maximum Gasteiger partial charge on any atom is 0.185 e. The summed E-state index contributed by atoms with van der Waals surface area (Å²) in [5, 5.41) is 0. The number of fused-ring (bicyclic) bond motifs is 1. The second-order valence-electron chi connectivity index (χ2n) is 5.90. The third kappa shape index (κ3) is 4.05. The van der Waals surface area contributed by atoms with Crippen LogP contribution < -0.4 is 9.47 Å². The smallest absolute Gasteiger partial charge is 0.185 e. The molecule has 1 aliphatic rings. The summed E-state index contributed by atoms with van der Waals surface area (Å²) in [5.74, 6) is 1.30. The minimum atomic E-state index is -0.0398. The van der Waals surface area contributed by atoms with Crippen molar-refractivity contribution >= 4 is 11.9 Å². The Morgan fingerprint density at radius 2 is 1.79 bits per heavy atom. The first-order valence-electron chi connectivity index (χ1n) is 8.47. The topological polar surface area (TPSA) is 35.5 Å². The minimum Gasteiger partial charge on any atom is -0.486 e. The van der Waals surface area contributed by atoms with Crippen molar-refractivity contribution in [3.8, 4) is 11.5 Å². The van der Waals surface area contributed by atoms with E-state index in [1.54, 1.807) is 24.3 Å². The van der Waals surface area contributed by atoms with Gasteiger partial charge in [0.15, 0.2) is 17.3 Å². The number of benzene rings is 2. The number of hydrogen-bond acceptors (Lipinski definition) is 3. The summed E-state index contributed by atoms with van der Waals surface area (Å²) < 4.78 is 11.0. The van der Waals surface area contributed by atoms with Crippen LogP contribution in [-0.2, 0) is 6.42 Å². The molecule has 0 saturated carbocycles. The lowest BCUT2D eigenvalue weighted by molar-refractivity contribution is 0.104. The van der Waals surface area contributed by atoms with Crippen molar-refractivity contribution in [2.75, 3.05) is 13.2 Å². The summed E-state index contributed by atoms with van der Waals surface area (Å²) in [6.07, 6.45) is 6.97. The molecule has 3 rings (SSSR count). The van der Waals surface area contributed by atoms with Gasteiger partial charge in [0.25, 0.3) is 0 Å². The van der Waals surface area contributed by atoms with Crippen LogP contribution in [-0.4, -0.2) is 19.0 Å². The number of carbonyl (C=O) groups is 1. The number of ether oxygens (including phenoxy) is 2. The van der Waals surface area contributed by atoms with Crippen molar-refractivity contribution in [1.82, 2.24) is 0 Å². The van der Waals surface area contributed by atoms with E-state index in [0.29, 0.717) is 30.3 Å². The van der Waals surface area contributed by atoms with E-state index in [-0.39, 0.29) is 5.78 Å². The largest absolute Gasteiger partial charge is 0.486 e. The number of rotatable bonds is 6. The van der Waals surface area contributed by atoms with Crippen LogP contribution in [0, 0.1) is 0 Å². The molecule has 0 unspecified atom stereocenters. The molecule has 3 heteroatoms. The normalized spacial score (nSPS) is 13.2. The van der Waals surface area contributed by atoms with E-state index in [0.717, 1.165) is 12.0 Å². The molecule has 2 aromatic carbocycles. The molecule has 0 N–H and O–H groups in total. The Morgan fingerprint density at radius 1 is 1.04 bits per heavy atom. The second kappa shape index (κ2) is 7.82. The molecule has 0 aliphatic carbocycles. The molecular formula is C21H22O3. The van der Waals surface area contributed by atoms with Crippen molar-refractivity contribution in [1.29, 1.82) is 0 Å². The average molecular weight is 322 g/mol. The molecule has 1 aliphatic heterocycles. The molecule has 0 spiro atoms. The lowest BCUT2D eigenvalue weighted by Crippen LogP contribution is -2.15. The van der Waals surface area contributed by atoms with Gasteiger partial charge in [0, 0.05) is 5.56 Å². The van der Waals surface area contributed by atoms with Crippen LogP contribution in [0.2, 0.25) is 0 Å². The molecule has 1 heterocycles. The van der Waals surface area contributed by atoms with Crippen LogP contribution in [0.1, 0.15) is 41.3 Å². The molecule has 0 aromatic heterocycles. The molecule has 0 atom stereocenters. The predicted molar refractivity (Wildman–Crippen MR) is 95.9 cm³/mol. The van der Waals surface area contributed by atoms with Gasteiger partial charge in [0.05, 0.1) is 0 Å². The quantitative estimate of drug-likeness (QED) is 0.571. The number of aryl methyl sites for hydroxylation is 1. The minimum absolute atomic E-state index is 0.0398. The molecule has 124 valence electrons. The van der Waals surface area contributed by atoms with Crippen molar-refractivity contribution < 1.29 is 14.3 Å². The Balaban J connectivity index is 1.66. The third-order valence-electron chi connectivity index (χ3n) is 4.05. The van der Waals surface area contributed by atoms with Crippen molar-refractivity contribution in [3.63, 3.8) is 0 Å². The van der Waals surface area contributed by atoms with Gasteiger partial charge in [0.2, 0.25) is 0 Å². The van der Waals surface area contributed by atoms with Crippen LogP contribution in [0.4, 0.5) is 0 Å². The van der Waals surface area contributed by atoms with Crippen LogP contribution in [0.15, 0.2) is 48.5 Å². The van der Waals surface area contributed by atoms with Gasteiger partial charge >= 0.3 is 0 Å².